The van der Waals surface area contributed by atoms with Crippen LogP contribution >= 0.6 is 12.4 Å². The Morgan fingerprint density at radius 2 is 1.82 bits per heavy atom. The second-order valence-corrected chi connectivity index (χ2v) is 9.20. The molecule has 0 radical (unpaired) electrons. The molecular formula is C19H31ClFN3O3S. The molecular weight excluding hydrogens is 405 g/mol. The summed E-state index contributed by atoms with van der Waals surface area (Å²) in [5.41, 5.74) is 5.86. The van der Waals surface area contributed by atoms with Gasteiger partial charge in [0.25, 0.3) is 0 Å². The molecule has 28 heavy (non-hydrogen) atoms. The maximum atomic E-state index is 13.9. The molecule has 0 heterocycles. The standard InChI is InChI=1S/C19H30FN3O3S.ClH/c1-13(2)18(23-27(25,26)17-11-7-6-10-15(17)20)19(24)22-16(12-21)14-8-4-3-5-9-14;/h6-7,10-11,13-14,16,18,23H,3-5,8-9,12,21H2,1-2H3,(H,22,24);1H. The quantitative estimate of drug-likeness (QED) is 0.584. The van der Waals surface area contributed by atoms with Crippen molar-refractivity contribution in [3.05, 3.63) is 30.1 Å². The Balaban J connectivity index is 0.00000392. The van der Waals surface area contributed by atoms with Gasteiger partial charge in [0.1, 0.15) is 16.8 Å². The van der Waals surface area contributed by atoms with Crippen LogP contribution in [-0.2, 0) is 14.8 Å². The summed E-state index contributed by atoms with van der Waals surface area (Å²) >= 11 is 0. The fourth-order valence-corrected chi connectivity index (χ4v) is 4.99. The van der Waals surface area contributed by atoms with Crippen LogP contribution in [0.25, 0.3) is 0 Å². The predicted octanol–water partition coefficient (Wildman–Crippen LogP) is 2.57. The molecule has 0 aromatic heterocycles. The molecule has 2 atom stereocenters. The first-order valence-electron chi connectivity index (χ1n) is 9.53. The van der Waals surface area contributed by atoms with Crippen LogP contribution in [0.5, 0.6) is 0 Å². The summed E-state index contributed by atoms with van der Waals surface area (Å²) in [6.45, 7) is 3.79. The van der Waals surface area contributed by atoms with E-state index in [-0.39, 0.29) is 24.4 Å². The first kappa shape index (κ1) is 24.8. The Labute approximate surface area is 173 Å². The van der Waals surface area contributed by atoms with Gasteiger partial charge in [0.15, 0.2) is 0 Å². The number of carbonyl (C=O) groups is 1. The molecule has 2 unspecified atom stereocenters. The summed E-state index contributed by atoms with van der Waals surface area (Å²) < 4.78 is 41.4. The lowest BCUT2D eigenvalue weighted by Crippen LogP contribution is -2.55. The van der Waals surface area contributed by atoms with Crippen molar-refractivity contribution in [3.8, 4) is 0 Å². The molecule has 0 spiro atoms. The molecule has 0 bridgehead atoms. The number of benzene rings is 1. The summed E-state index contributed by atoms with van der Waals surface area (Å²) in [7, 11) is -4.16. The molecule has 0 saturated heterocycles. The van der Waals surface area contributed by atoms with E-state index in [1.807, 2.05) is 0 Å². The molecule has 1 aliphatic rings. The SMILES string of the molecule is CC(C)C(NS(=O)(=O)c1ccccc1F)C(=O)NC(CN)C1CCCCC1.Cl. The second-order valence-electron chi connectivity index (χ2n) is 7.52. The third kappa shape index (κ3) is 6.40. The van der Waals surface area contributed by atoms with E-state index in [9.17, 15) is 17.6 Å². The van der Waals surface area contributed by atoms with Crippen LogP contribution in [0.2, 0.25) is 0 Å². The van der Waals surface area contributed by atoms with Crippen molar-refractivity contribution in [3.63, 3.8) is 0 Å². The molecule has 0 aliphatic heterocycles. The number of halogens is 2. The summed E-state index contributed by atoms with van der Waals surface area (Å²) in [6.07, 6.45) is 5.44. The van der Waals surface area contributed by atoms with Gasteiger partial charge < -0.3 is 11.1 Å². The first-order chi connectivity index (χ1) is 12.8. The van der Waals surface area contributed by atoms with Gasteiger partial charge in [-0.3, -0.25) is 4.79 Å². The number of nitrogens with one attached hydrogen (secondary N) is 2. The van der Waals surface area contributed by atoms with Gasteiger partial charge >= 0.3 is 0 Å². The van der Waals surface area contributed by atoms with E-state index < -0.39 is 32.7 Å². The van der Waals surface area contributed by atoms with Crippen LogP contribution in [0.15, 0.2) is 29.2 Å². The van der Waals surface area contributed by atoms with Crippen molar-refractivity contribution in [2.24, 2.45) is 17.6 Å². The van der Waals surface area contributed by atoms with E-state index in [0.717, 1.165) is 31.7 Å². The number of nitrogens with two attached hydrogens (primary N) is 1. The average Bonchev–Trinajstić information content (AvgIpc) is 2.64. The Kier molecular flexibility index (Phi) is 9.83. The number of hydrogen-bond acceptors (Lipinski definition) is 4. The van der Waals surface area contributed by atoms with Gasteiger partial charge in [-0.25, -0.2) is 12.8 Å². The monoisotopic (exact) mass is 435 g/mol. The van der Waals surface area contributed by atoms with Gasteiger partial charge in [-0.1, -0.05) is 45.2 Å². The fraction of sp³-hybridized carbons (Fsp3) is 0.632. The number of carbonyl (C=O) groups excluding carboxylic acids is 1. The lowest BCUT2D eigenvalue weighted by molar-refractivity contribution is -0.124. The zero-order valence-electron chi connectivity index (χ0n) is 16.4. The smallest absolute Gasteiger partial charge is 0.244 e. The van der Waals surface area contributed by atoms with E-state index in [4.69, 9.17) is 5.73 Å². The lowest BCUT2D eigenvalue weighted by atomic mass is 9.83. The maximum Gasteiger partial charge on any atom is 0.244 e. The molecule has 160 valence electrons. The summed E-state index contributed by atoms with van der Waals surface area (Å²) in [4.78, 5) is 12.3. The van der Waals surface area contributed by atoms with E-state index >= 15 is 0 Å². The van der Waals surface area contributed by atoms with Crippen LogP contribution in [0.3, 0.4) is 0 Å². The highest BCUT2D eigenvalue weighted by atomic mass is 35.5. The molecule has 1 amide bonds. The summed E-state index contributed by atoms with van der Waals surface area (Å²) in [5, 5.41) is 2.92. The van der Waals surface area contributed by atoms with Gasteiger partial charge in [-0.2, -0.15) is 4.72 Å². The Bertz CT molecular complexity index is 740. The van der Waals surface area contributed by atoms with E-state index in [0.29, 0.717) is 12.5 Å². The van der Waals surface area contributed by atoms with Crippen LogP contribution in [0, 0.1) is 17.7 Å². The van der Waals surface area contributed by atoms with Crippen molar-refractivity contribution in [2.45, 2.75) is 62.9 Å². The van der Waals surface area contributed by atoms with E-state index in [2.05, 4.69) is 10.0 Å². The molecule has 1 aromatic rings. The van der Waals surface area contributed by atoms with Gasteiger partial charge in [0.2, 0.25) is 15.9 Å². The first-order valence-corrected chi connectivity index (χ1v) is 11.0. The Morgan fingerprint density at radius 3 is 2.36 bits per heavy atom. The van der Waals surface area contributed by atoms with Crippen LogP contribution in [0.1, 0.15) is 46.0 Å². The largest absolute Gasteiger partial charge is 0.350 e. The highest BCUT2D eigenvalue weighted by Crippen LogP contribution is 2.26. The molecule has 1 fully saturated rings. The summed E-state index contributed by atoms with van der Waals surface area (Å²) in [6, 6.07) is 3.92. The van der Waals surface area contributed by atoms with Crippen molar-refractivity contribution in [1.29, 1.82) is 0 Å². The highest BCUT2D eigenvalue weighted by molar-refractivity contribution is 7.89. The van der Waals surface area contributed by atoms with Crippen molar-refractivity contribution < 1.29 is 17.6 Å². The average molecular weight is 436 g/mol. The Morgan fingerprint density at radius 1 is 1.21 bits per heavy atom. The minimum atomic E-state index is -4.16. The normalized spacial score (nSPS) is 17.6. The van der Waals surface area contributed by atoms with E-state index in [1.54, 1.807) is 13.8 Å². The predicted molar refractivity (Wildman–Crippen MR) is 110 cm³/mol. The van der Waals surface area contributed by atoms with Crippen molar-refractivity contribution >= 4 is 28.3 Å². The van der Waals surface area contributed by atoms with Gasteiger partial charge in [0.05, 0.1) is 0 Å². The van der Waals surface area contributed by atoms with Gasteiger partial charge in [0, 0.05) is 12.6 Å². The molecule has 1 aromatic carbocycles. The van der Waals surface area contributed by atoms with Gasteiger partial charge in [-0.15, -0.1) is 12.4 Å². The number of hydrogen-bond donors (Lipinski definition) is 3. The lowest BCUT2D eigenvalue weighted by Gasteiger charge is -2.32. The number of sulfonamides is 1. The van der Waals surface area contributed by atoms with Crippen LogP contribution < -0.4 is 15.8 Å². The molecule has 1 aliphatic carbocycles. The summed E-state index contributed by atoms with van der Waals surface area (Å²) in [5.74, 6) is -1.28. The highest BCUT2D eigenvalue weighted by Gasteiger charge is 2.32. The van der Waals surface area contributed by atoms with Crippen molar-refractivity contribution in [2.75, 3.05) is 6.54 Å². The zero-order valence-corrected chi connectivity index (χ0v) is 18.0. The zero-order chi connectivity index (χ0) is 20.0. The molecule has 4 N–H and O–H groups in total. The van der Waals surface area contributed by atoms with Gasteiger partial charge in [-0.05, 0) is 36.8 Å². The molecule has 9 heteroatoms. The Hall–Kier alpha value is -1.22. The fourth-order valence-electron chi connectivity index (χ4n) is 3.56. The van der Waals surface area contributed by atoms with Crippen LogP contribution in [0.4, 0.5) is 4.39 Å². The molecule has 1 saturated carbocycles. The third-order valence-electron chi connectivity index (χ3n) is 5.16. The van der Waals surface area contributed by atoms with Crippen LogP contribution in [-0.4, -0.2) is 33.0 Å². The second kappa shape index (κ2) is 11.1. The minimum absolute atomic E-state index is 0. The molecule has 6 nitrogen and oxygen atoms in total. The molecule has 2 rings (SSSR count). The maximum absolute atomic E-state index is 13.9. The minimum Gasteiger partial charge on any atom is -0.350 e. The third-order valence-corrected chi connectivity index (χ3v) is 6.63. The van der Waals surface area contributed by atoms with E-state index in [1.165, 1.54) is 24.6 Å². The van der Waals surface area contributed by atoms with Crippen molar-refractivity contribution in [1.82, 2.24) is 10.0 Å². The topological polar surface area (TPSA) is 101 Å². The number of amides is 1. The number of rotatable bonds is 8.